The number of rotatable bonds is 6. The van der Waals surface area contributed by atoms with Crippen LogP contribution in [0.5, 0.6) is 0 Å². The minimum atomic E-state index is -0.0936. The summed E-state index contributed by atoms with van der Waals surface area (Å²) in [6.07, 6.45) is 9.02. The number of carbonyl (C=O) groups is 1. The highest BCUT2D eigenvalue weighted by atomic mass is 16.1. The third kappa shape index (κ3) is 4.70. The Morgan fingerprint density at radius 2 is 1.73 bits per heavy atom. The summed E-state index contributed by atoms with van der Waals surface area (Å²) < 4.78 is 0. The molecule has 5 heterocycles. The van der Waals surface area contributed by atoms with Crippen LogP contribution in [0.4, 0.5) is 5.69 Å². The fourth-order valence-corrected chi connectivity index (χ4v) is 5.06. The molecule has 0 aliphatic heterocycles. The molecule has 1 amide bonds. The van der Waals surface area contributed by atoms with Crippen LogP contribution in [0.1, 0.15) is 11.1 Å². The summed E-state index contributed by atoms with van der Waals surface area (Å²) in [5, 5.41) is 11.7. The number of aromatic nitrogens is 7. The Labute approximate surface area is 234 Å². The molecule has 0 fully saturated rings. The van der Waals surface area contributed by atoms with Gasteiger partial charge in [0.25, 0.3) is 0 Å². The van der Waals surface area contributed by atoms with Crippen molar-refractivity contribution >= 4 is 33.5 Å². The van der Waals surface area contributed by atoms with Gasteiger partial charge < -0.3 is 10.3 Å². The summed E-state index contributed by atoms with van der Waals surface area (Å²) in [4.78, 5) is 34.2. The minimum absolute atomic E-state index is 0.0936. The van der Waals surface area contributed by atoms with Gasteiger partial charge in [-0.25, -0.2) is 4.98 Å². The van der Waals surface area contributed by atoms with Crippen LogP contribution in [-0.2, 0) is 11.2 Å². The number of benzene rings is 2. The molecule has 5 aromatic heterocycles. The number of fused-ring (bicyclic) bond motifs is 2. The number of imidazole rings is 1. The maximum atomic E-state index is 12.6. The van der Waals surface area contributed by atoms with E-state index < -0.39 is 0 Å². The Hall–Kier alpha value is -5.70. The summed E-state index contributed by atoms with van der Waals surface area (Å²) in [6, 6.07) is 21.5. The highest BCUT2D eigenvalue weighted by molar-refractivity contribution is 5.99. The first-order valence-corrected chi connectivity index (χ1v) is 13.2. The first kappa shape index (κ1) is 24.3. The number of nitrogens with zero attached hydrogens (tertiary/aromatic N) is 5. The quantitative estimate of drug-likeness (QED) is 0.235. The van der Waals surface area contributed by atoms with E-state index in [1.54, 1.807) is 31.0 Å². The fourth-order valence-electron chi connectivity index (χ4n) is 5.06. The molecular weight excluding hydrogens is 512 g/mol. The van der Waals surface area contributed by atoms with Crippen LogP contribution in [0.25, 0.3) is 55.8 Å². The topological polar surface area (TPSA) is 125 Å². The van der Waals surface area contributed by atoms with Crippen molar-refractivity contribution < 1.29 is 4.79 Å². The van der Waals surface area contributed by atoms with Crippen molar-refractivity contribution in [3.8, 4) is 33.9 Å². The number of carbonyl (C=O) groups excluding carboxylic acids is 1. The van der Waals surface area contributed by atoms with Gasteiger partial charge in [0.05, 0.1) is 35.0 Å². The first-order valence-electron chi connectivity index (χ1n) is 13.2. The summed E-state index contributed by atoms with van der Waals surface area (Å²) in [5.41, 5.74) is 9.36. The van der Waals surface area contributed by atoms with Crippen molar-refractivity contribution in [2.75, 3.05) is 5.32 Å². The molecule has 0 bridgehead atoms. The Kier molecular flexibility index (Phi) is 6.01. The van der Waals surface area contributed by atoms with E-state index in [0.29, 0.717) is 17.9 Å². The van der Waals surface area contributed by atoms with E-state index in [9.17, 15) is 4.79 Å². The molecule has 7 rings (SSSR count). The third-order valence-corrected chi connectivity index (χ3v) is 6.98. The summed E-state index contributed by atoms with van der Waals surface area (Å²) in [6.45, 7) is 2.03. The number of amides is 1. The smallest absolute Gasteiger partial charge is 0.228 e. The lowest BCUT2D eigenvalue weighted by Crippen LogP contribution is -2.14. The predicted molar refractivity (Wildman–Crippen MR) is 159 cm³/mol. The lowest BCUT2D eigenvalue weighted by molar-refractivity contribution is -0.115. The Balaban J connectivity index is 1.24. The lowest BCUT2D eigenvalue weighted by atomic mass is 10.0. The van der Waals surface area contributed by atoms with E-state index in [1.807, 2.05) is 61.5 Å². The highest BCUT2D eigenvalue weighted by Crippen LogP contribution is 2.34. The third-order valence-electron chi connectivity index (χ3n) is 6.98. The van der Waals surface area contributed by atoms with Crippen LogP contribution >= 0.6 is 0 Å². The number of hydrogen-bond donors (Lipinski definition) is 3. The average Bonchev–Trinajstić information content (AvgIpc) is 3.63. The number of aromatic amines is 2. The predicted octanol–water partition coefficient (Wildman–Crippen LogP) is 6.11. The van der Waals surface area contributed by atoms with Gasteiger partial charge in [-0.15, -0.1) is 0 Å². The molecule has 0 unspecified atom stereocenters. The first-order chi connectivity index (χ1) is 20.1. The second-order valence-corrected chi connectivity index (χ2v) is 9.84. The summed E-state index contributed by atoms with van der Waals surface area (Å²) in [7, 11) is 0. The maximum absolute atomic E-state index is 12.6. The van der Waals surface area contributed by atoms with Crippen molar-refractivity contribution in [2.45, 2.75) is 13.3 Å². The molecule has 0 saturated carbocycles. The van der Waals surface area contributed by atoms with Crippen molar-refractivity contribution in [3.05, 3.63) is 109 Å². The Morgan fingerprint density at radius 3 is 2.59 bits per heavy atom. The molecule has 0 spiro atoms. The number of aryl methyl sites for hydroxylation is 1. The van der Waals surface area contributed by atoms with E-state index in [0.717, 1.165) is 61.1 Å². The number of hydrogen-bond acceptors (Lipinski definition) is 6. The van der Waals surface area contributed by atoms with E-state index >= 15 is 0 Å². The monoisotopic (exact) mass is 536 g/mol. The number of nitrogens with one attached hydrogen (secondary N) is 3. The summed E-state index contributed by atoms with van der Waals surface area (Å²) in [5.74, 6) is 0.571. The van der Waals surface area contributed by atoms with Crippen LogP contribution in [0.3, 0.4) is 0 Å². The van der Waals surface area contributed by atoms with E-state index in [4.69, 9.17) is 4.98 Å². The molecule has 9 nitrogen and oxygen atoms in total. The standard InChI is InChI=1S/C32H24N8O/c1-19-12-22(23-14-24(18-34-17-23)36-27(41)13-20-6-3-2-4-7-20)15-25-28(19)39-40-30(25)32-37-26-9-11-35-29(31(26)38-32)21-8-5-10-33-16-21/h2-12,14-18H,13H2,1H3,(H,36,41)(H,37,38)(H,39,40). The van der Waals surface area contributed by atoms with Gasteiger partial charge in [0, 0.05) is 41.3 Å². The molecule has 9 heteroatoms. The second-order valence-electron chi connectivity index (χ2n) is 9.84. The summed E-state index contributed by atoms with van der Waals surface area (Å²) >= 11 is 0. The van der Waals surface area contributed by atoms with Gasteiger partial charge in [-0.2, -0.15) is 5.10 Å². The minimum Gasteiger partial charge on any atom is -0.337 e. The average molecular weight is 537 g/mol. The van der Waals surface area contributed by atoms with Crippen LogP contribution in [0, 0.1) is 6.92 Å². The number of H-pyrrole nitrogens is 2. The molecule has 0 aliphatic rings. The molecule has 198 valence electrons. The van der Waals surface area contributed by atoms with Gasteiger partial charge in [-0.3, -0.25) is 24.8 Å². The Bertz CT molecular complexity index is 2030. The van der Waals surface area contributed by atoms with Crippen LogP contribution in [0.2, 0.25) is 0 Å². The van der Waals surface area contributed by atoms with Crippen LogP contribution in [-0.4, -0.2) is 41.0 Å². The molecule has 3 N–H and O–H groups in total. The zero-order valence-corrected chi connectivity index (χ0v) is 22.1. The molecule has 0 saturated heterocycles. The molecular formula is C32H24N8O. The number of pyridine rings is 3. The fraction of sp³-hybridized carbons (Fsp3) is 0.0625. The zero-order valence-electron chi connectivity index (χ0n) is 22.1. The lowest BCUT2D eigenvalue weighted by Gasteiger charge is -2.09. The van der Waals surface area contributed by atoms with Crippen molar-refractivity contribution in [1.29, 1.82) is 0 Å². The van der Waals surface area contributed by atoms with Gasteiger partial charge in [0.15, 0.2) is 5.82 Å². The van der Waals surface area contributed by atoms with E-state index in [-0.39, 0.29) is 5.91 Å². The van der Waals surface area contributed by atoms with Crippen molar-refractivity contribution in [3.63, 3.8) is 0 Å². The van der Waals surface area contributed by atoms with Crippen molar-refractivity contribution in [2.24, 2.45) is 0 Å². The molecule has 0 radical (unpaired) electrons. The normalized spacial score (nSPS) is 11.2. The van der Waals surface area contributed by atoms with Gasteiger partial charge in [-0.1, -0.05) is 30.3 Å². The van der Waals surface area contributed by atoms with Gasteiger partial charge in [-0.05, 0) is 60.0 Å². The molecule has 7 aromatic rings. The molecule has 0 aliphatic carbocycles. The molecule has 0 atom stereocenters. The highest BCUT2D eigenvalue weighted by Gasteiger charge is 2.17. The zero-order chi connectivity index (χ0) is 27.8. The molecule has 2 aromatic carbocycles. The largest absolute Gasteiger partial charge is 0.337 e. The van der Waals surface area contributed by atoms with Gasteiger partial charge in [0.1, 0.15) is 11.2 Å². The number of anilines is 1. The second kappa shape index (κ2) is 10.1. The van der Waals surface area contributed by atoms with E-state index in [1.165, 1.54) is 0 Å². The SMILES string of the molecule is Cc1cc(-c2cncc(NC(=O)Cc3ccccc3)c2)cc2c(-c3nc4c(-c5cccnc5)nccc4[nH]3)[nH]nc12. The van der Waals surface area contributed by atoms with E-state index in [2.05, 4.69) is 47.6 Å². The molecule has 41 heavy (non-hydrogen) atoms. The van der Waals surface area contributed by atoms with Gasteiger partial charge in [0.2, 0.25) is 5.91 Å². The van der Waals surface area contributed by atoms with Crippen LogP contribution in [0.15, 0.2) is 97.7 Å². The van der Waals surface area contributed by atoms with Gasteiger partial charge >= 0.3 is 0 Å². The maximum Gasteiger partial charge on any atom is 0.228 e. The Morgan fingerprint density at radius 1 is 0.854 bits per heavy atom. The van der Waals surface area contributed by atoms with Crippen molar-refractivity contribution in [1.82, 2.24) is 35.1 Å². The van der Waals surface area contributed by atoms with Crippen LogP contribution < -0.4 is 5.32 Å².